The van der Waals surface area contributed by atoms with Gasteiger partial charge in [-0.15, -0.1) is 0 Å². The molecule has 0 unspecified atom stereocenters. The molecular formula is C16H21ClO. The van der Waals surface area contributed by atoms with Crippen LogP contribution in [-0.4, -0.2) is 5.11 Å². The van der Waals surface area contributed by atoms with Gasteiger partial charge in [0.1, 0.15) is 0 Å². The summed E-state index contributed by atoms with van der Waals surface area (Å²) in [7, 11) is 0. The van der Waals surface area contributed by atoms with Gasteiger partial charge in [0.15, 0.2) is 0 Å². The summed E-state index contributed by atoms with van der Waals surface area (Å²) in [6.45, 7) is 1.99. The van der Waals surface area contributed by atoms with Gasteiger partial charge < -0.3 is 5.11 Å². The number of fused-ring (bicyclic) bond motifs is 3. The maximum Gasteiger partial charge on any atom is 0.0899 e. The first kappa shape index (κ1) is 12.5. The first-order valence-corrected chi connectivity index (χ1v) is 7.43. The Morgan fingerprint density at radius 2 is 1.72 bits per heavy atom. The third-order valence-electron chi connectivity index (χ3n) is 5.20. The third kappa shape index (κ3) is 2.08. The Morgan fingerprint density at radius 1 is 1.11 bits per heavy atom. The molecule has 3 saturated carbocycles. The minimum Gasteiger partial charge on any atom is -0.385 e. The molecule has 3 aliphatic rings. The molecule has 0 radical (unpaired) electrons. The van der Waals surface area contributed by atoms with Crippen molar-refractivity contribution >= 4 is 11.6 Å². The summed E-state index contributed by atoms with van der Waals surface area (Å²) in [5.41, 5.74) is 0.318. The van der Waals surface area contributed by atoms with Crippen molar-refractivity contribution in [3.8, 4) is 0 Å². The van der Waals surface area contributed by atoms with Gasteiger partial charge in [-0.05, 0) is 61.6 Å². The predicted octanol–water partition coefficient (Wildman–Crippen LogP) is 4.37. The summed E-state index contributed by atoms with van der Waals surface area (Å²) in [5.74, 6) is 1.98. The highest BCUT2D eigenvalue weighted by molar-refractivity contribution is 6.30. The molecule has 0 amide bonds. The number of aliphatic hydroxyl groups is 1. The smallest absolute Gasteiger partial charge is 0.0899 e. The van der Waals surface area contributed by atoms with E-state index in [2.05, 4.69) is 0 Å². The molecule has 18 heavy (non-hydrogen) atoms. The normalized spacial score (nSPS) is 34.3. The van der Waals surface area contributed by atoms with Crippen molar-refractivity contribution in [2.45, 2.75) is 44.6 Å². The zero-order valence-electron chi connectivity index (χ0n) is 10.9. The lowest BCUT2D eigenvalue weighted by molar-refractivity contribution is -0.0791. The van der Waals surface area contributed by atoms with E-state index in [1.165, 1.54) is 32.1 Å². The molecule has 2 bridgehead atoms. The average Bonchev–Trinajstić information content (AvgIpc) is 2.40. The summed E-state index contributed by atoms with van der Waals surface area (Å²) in [6, 6.07) is 7.72. The van der Waals surface area contributed by atoms with Gasteiger partial charge >= 0.3 is 0 Å². The fourth-order valence-corrected chi connectivity index (χ4v) is 4.19. The summed E-state index contributed by atoms with van der Waals surface area (Å²) in [5, 5.41) is 11.7. The molecule has 3 fully saturated rings. The highest BCUT2D eigenvalue weighted by Crippen LogP contribution is 2.51. The van der Waals surface area contributed by atoms with Crippen LogP contribution in [0.4, 0.5) is 0 Å². The van der Waals surface area contributed by atoms with E-state index in [1.54, 1.807) is 0 Å². The van der Waals surface area contributed by atoms with Gasteiger partial charge in [-0.2, -0.15) is 0 Å². The second-order valence-electron chi connectivity index (χ2n) is 6.28. The van der Waals surface area contributed by atoms with Crippen LogP contribution < -0.4 is 0 Å². The van der Waals surface area contributed by atoms with Crippen LogP contribution in [0.1, 0.15) is 44.6 Å². The van der Waals surface area contributed by atoms with E-state index in [0.29, 0.717) is 11.8 Å². The van der Waals surface area contributed by atoms with E-state index < -0.39 is 5.60 Å². The lowest BCUT2D eigenvalue weighted by Crippen LogP contribution is -2.43. The Morgan fingerprint density at radius 3 is 2.22 bits per heavy atom. The van der Waals surface area contributed by atoms with E-state index in [4.69, 9.17) is 11.6 Å². The summed E-state index contributed by atoms with van der Waals surface area (Å²) in [6.07, 6.45) is 6.55. The van der Waals surface area contributed by atoms with Crippen LogP contribution in [0.15, 0.2) is 24.3 Å². The maximum atomic E-state index is 11.0. The maximum absolute atomic E-state index is 11.0. The summed E-state index contributed by atoms with van der Waals surface area (Å²) in [4.78, 5) is 0. The lowest BCUT2D eigenvalue weighted by atomic mass is 9.59. The molecule has 2 atom stereocenters. The van der Waals surface area contributed by atoms with E-state index in [1.807, 2.05) is 31.2 Å². The molecule has 0 aliphatic heterocycles. The minimum atomic E-state index is -0.700. The van der Waals surface area contributed by atoms with Gasteiger partial charge in [-0.25, -0.2) is 0 Å². The molecule has 2 heteroatoms. The summed E-state index contributed by atoms with van der Waals surface area (Å²) < 4.78 is 0. The Hall–Kier alpha value is -0.530. The molecule has 0 saturated heterocycles. The Bertz CT molecular complexity index is 415. The van der Waals surface area contributed by atoms with Gasteiger partial charge in [0.25, 0.3) is 0 Å². The first-order valence-electron chi connectivity index (χ1n) is 7.06. The molecule has 0 heterocycles. The second kappa shape index (κ2) is 4.54. The van der Waals surface area contributed by atoms with Crippen molar-refractivity contribution in [2.75, 3.05) is 0 Å². The second-order valence-corrected chi connectivity index (χ2v) is 6.71. The lowest BCUT2D eigenvalue weighted by Gasteiger charge is -2.48. The van der Waals surface area contributed by atoms with Crippen molar-refractivity contribution in [2.24, 2.45) is 17.8 Å². The molecule has 98 valence electrons. The van der Waals surface area contributed by atoms with Crippen molar-refractivity contribution in [1.82, 2.24) is 0 Å². The van der Waals surface area contributed by atoms with Gasteiger partial charge in [-0.1, -0.05) is 36.6 Å². The monoisotopic (exact) mass is 264 g/mol. The van der Waals surface area contributed by atoms with E-state index in [9.17, 15) is 5.11 Å². The fourth-order valence-electron chi connectivity index (χ4n) is 4.07. The molecular weight excluding hydrogens is 244 g/mol. The van der Waals surface area contributed by atoms with E-state index in [0.717, 1.165) is 16.5 Å². The van der Waals surface area contributed by atoms with E-state index >= 15 is 0 Å². The topological polar surface area (TPSA) is 20.2 Å². The van der Waals surface area contributed by atoms with Crippen LogP contribution in [0.3, 0.4) is 0 Å². The molecule has 4 rings (SSSR count). The zero-order chi connectivity index (χ0) is 12.8. The highest BCUT2D eigenvalue weighted by atomic mass is 35.5. The quantitative estimate of drug-likeness (QED) is 0.841. The van der Waals surface area contributed by atoms with Crippen LogP contribution in [-0.2, 0) is 5.60 Å². The average molecular weight is 265 g/mol. The van der Waals surface area contributed by atoms with Crippen LogP contribution in [0.5, 0.6) is 0 Å². The number of hydrogen-bond donors (Lipinski definition) is 1. The zero-order valence-corrected chi connectivity index (χ0v) is 11.7. The van der Waals surface area contributed by atoms with Crippen LogP contribution in [0.25, 0.3) is 0 Å². The third-order valence-corrected chi connectivity index (χ3v) is 5.45. The van der Waals surface area contributed by atoms with Crippen LogP contribution in [0, 0.1) is 17.8 Å². The van der Waals surface area contributed by atoms with Gasteiger partial charge in [0.05, 0.1) is 5.60 Å². The minimum absolute atomic E-state index is 0.422. The molecule has 1 N–H and O–H groups in total. The van der Waals surface area contributed by atoms with Crippen LogP contribution in [0.2, 0.25) is 5.02 Å². The molecule has 1 aromatic rings. The SMILES string of the molecule is C[C@](O)(c1ccc(Cl)cc1)[C@H]1CC2CCC1CC2. The highest BCUT2D eigenvalue weighted by Gasteiger charge is 2.45. The standard InChI is InChI=1S/C16H21ClO/c1-16(18,13-6-8-14(17)9-7-13)15-10-11-2-4-12(15)5-3-11/h6-9,11-12,15,18H,2-5,10H2,1H3/t11?,12?,15-,16-/m0/s1. The first-order chi connectivity index (χ1) is 8.57. The molecule has 0 spiro atoms. The van der Waals surface area contributed by atoms with E-state index in [-0.39, 0.29) is 0 Å². The molecule has 1 aromatic carbocycles. The van der Waals surface area contributed by atoms with Crippen molar-refractivity contribution in [3.05, 3.63) is 34.9 Å². The molecule has 0 aromatic heterocycles. The molecule has 3 aliphatic carbocycles. The number of rotatable bonds is 2. The number of halogens is 1. The fraction of sp³-hybridized carbons (Fsp3) is 0.625. The van der Waals surface area contributed by atoms with Crippen LogP contribution >= 0.6 is 11.6 Å². The Labute approximate surface area is 114 Å². The van der Waals surface area contributed by atoms with Crippen molar-refractivity contribution in [3.63, 3.8) is 0 Å². The Balaban J connectivity index is 1.87. The summed E-state index contributed by atoms with van der Waals surface area (Å²) >= 11 is 5.93. The predicted molar refractivity (Wildman–Crippen MR) is 74.6 cm³/mol. The van der Waals surface area contributed by atoms with Crippen molar-refractivity contribution in [1.29, 1.82) is 0 Å². The largest absolute Gasteiger partial charge is 0.385 e. The Kier molecular flexibility index (Phi) is 3.15. The van der Waals surface area contributed by atoms with Crippen molar-refractivity contribution < 1.29 is 5.11 Å². The van der Waals surface area contributed by atoms with Gasteiger partial charge in [0.2, 0.25) is 0 Å². The molecule has 1 nitrogen and oxygen atoms in total. The van der Waals surface area contributed by atoms with Gasteiger partial charge in [0, 0.05) is 5.02 Å². The van der Waals surface area contributed by atoms with Gasteiger partial charge in [-0.3, -0.25) is 0 Å². The number of benzene rings is 1. The number of hydrogen-bond acceptors (Lipinski definition) is 1.